The van der Waals surface area contributed by atoms with E-state index < -0.39 is 0 Å². The van der Waals surface area contributed by atoms with E-state index in [9.17, 15) is 4.79 Å². The average Bonchev–Trinajstić information content (AvgIpc) is 3.06. The lowest BCUT2D eigenvalue weighted by Gasteiger charge is -2.38. The SMILES string of the molecule is CCC1(C(=O)N2CCC(Nc3cccnn3)CC2)CCCN1. The first-order chi connectivity index (χ1) is 10.7. The van der Waals surface area contributed by atoms with Crippen molar-refractivity contribution in [2.24, 2.45) is 0 Å². The van der Waals surface area contributed by atoms with Gasteiger partial charge in [-0.3, -0.25) is 4.79 Å². The fraction of sp³-hybridized carbons (Fsp3) is 0.688. The molecule has 0 aromatic carbocycles. The summed E-state index contributed by atoms with van der Waals surface area (Å²) in [7, 11) is 0. The summed E-state index contributed by atoms with van der Waals surface area (Å²) < 4.78 is 0. The lowest BCUT2D eigenvalue weighted by Crippen LogP contribution is -2.56. The highest BCUT2D eigenvalue weighted by Crippen LogP contribution is 2.27. The van der Waals surface area contributed by atoms with Crippen LogP contribution in [0.5, 0.6) is 0 Å². The largest absolute Gasteiger partial charge is 0.366 e. The summed E-state index contributed by atoms with van der Waals surface area (Å²) in [5.41, 5.74) is -0.300. The molecule has 1 atom stereocenters. The molecular weight excluding hydrogens is 278 g/mol. The summed E-state index contributed by atoms with van der Waals surface area (Å²) >= 11 is 0. The van der Waals surface area contributed by atoms with Crippen molar-refractivity contribution in [1.29, 1.82) is 0 Å². The molecule has 6 nitrogen and oxygen atoms in total. The van der Waals surface area contributed by atoms with Crippen molar-refractivity contribution >= 4 is 11.7 Å². The minimum absolute atomic E-state index is 0.297. The van der Waals surface area contributed by atoms with Gasteiger partial charge >= 0.3 is 0 Å². The number of nitrogens with one attached hydrogen (secondary N) is 2. The van der Waals surface area contributed by atoms with E-state index in [4.69, 9.17) is 0 Å². The van der Waals surface area contributed by atoms with Crippen molar-refractivity contribution in [3.63, 3.8) is 0 Å². The third kappa shape index (κ3) is 3.06. The molecule has 120 valence electrons. The molecule has 0 aliphatic carbocycles. The van der Waals surface area contributed by atoms with Crippen molar-refractivity contribution in [3.05, 3.63) is 18.3 Å². The molecule has 0 radical (unpaired) electrons. The summed E-state index contributed by atoms with van der Waals surface area (Å²) in [4.78, 5) is 14.9. The lowest BCUT2D eigenvalue weighted by molar-refractivity contribution is -0.139. The number of likely N-dealkylation sites (tertiary alicyclic amines) is 1. The zero-order valence-corrected chi connectivity index (χ0v) is 13.2. The Morgan fingerprint density at radius 3 is 2.91 bits per heavy atom. The van der Waals surface area contributed by atoms with E-state index >= 15 is 0 Å². The highest BCUT2D eigenvalue weighted by molar-refractivity contribution is 5.86. The van der Waals surface area contributed by atoms with Gasteiger partial charge in [0.05, 0.1) is 5.54 Å². The first-order valence-electron chi connectivity index (χ1n) is 8.32. The van der Waals surface area contributed by atoms with Crippen LogP contribution in [0.1, 0.15) is 39.0 Å². The number of carbonyl (C=O) groups is 1. The normalized spacial score (nSPS) is 26.1. The minimum atomic E-state index is -0.300. The monoisotopic (exact) mass is 303 g/mol. The van der Waals surface area contributed by atoms with Crippen LogP contribution in [0, 0.1) is 0 Å². The molecule has 1 amide bonds. The van der Waals surface area contributed by atoms with Crippen molar-refractivity contribution in [1.82, 2.24) is 20.4 Å². The Bertz CT molecular complexity index is 493. The van der Waals surface area contributed by atoms with Crippen LogP contribution in [0.3, 0.4) is 0 Å². The van der Waals surface area contributed by atoms with Gasteiger partial charge in [-0.15, -0.1) is 5.10 Å². The number of carbonyl (C=O) groups excluding carboxylic acids is 1. The first-order valence-corrected chi connectivity index (χ1v) is 8.32. The van der Waals surface area contributed by atoms with Gasteiger partial charge in [0, 0.05) is 25.3 Å². The van der Waals surface area contributed by atoms with Crippen molar-refractivity contribution in [2.75, 3.05) is 25.0 Å². The second kappa shape index (κ2) is 6.60. The van der Waals surface area contributed by atoms with Crippen molar-refractivity contribution < 1.29 is 4.79 Å². The molecule has 1 aromatic heterocycles. The molecule has 2 aliphatic rings. The molecule has 0 saturated carbocycles. The van der Waals surface area contributed by atoms with Gasteiger partial charge in [-0.25, -0.2) is 0 Å². The Morgan fingerprint density at radius 1 is 1.50 bits per heavy atom. The summed E-state index contributed by atoms with van der Waals surface area (Å²) in [5.74, 6) is 1.11. The molecule has 0 spiro atoms. The molecule has 22 heavy (non-hydrogen) atoms. The molecule has 0 bridgehead atoms. The number of anilines is 1. The van der Waals surface area contributed by atoms with E-state index in [1.54, 1.807) is 6.20 Å². The predicted molar refractivity (Wildman–Crippen MR) is 85.5 cm³/mol. The summed E-state index contributed by atoms with van der Waals surface area (Å²) in [6.07, 6.45) is 6.55. The maximum atomic E-state index is 12.8. The van der Waals surface area contributed by atoms with E-state index in [1.165, 1.54) is 0 Å². The van der Waals surface area contributed by atoms with Crippen LogP contribution in [0.25, 0.3) is 0 Å². The van der Waals surface area contributed by atoms with Crippen LogP contribution < -0.4 is 10.6 Å². The van der Waals surface area contributed by atoms with Gasteiger partial charge in [0.2, 0.25) is 5.91 Å². The predicted octanol–water partition coefficient (Wildman–Crippen LogP) is 1.41. The highest BCUT2D eigenvalue weighted by Gasteiger charge is 2.42. The Hall–Kier alpha value is -1.69. The Morgan fingerprint density at radius 2 is 2.32 bits per heavy atom. The van der Waals surface area contributed by atoms with Crippen LogP contribution in [0.15, 0.2) is 18.3 Å². The van der Waals surface area contributed by atoms with Crippen LogP contribution in [-0.2, 0) is 4.79 Å². The number of rotatable bonds is 4. The number of hydrogen-bond donors (Lipinski definition) is 2. The number of aromatic nitrogens is 2. The topological polar surface area (TPSA) is 70.2 Å². The van der Waals surface area contributed by atoms with Gasteiger partial charge in [-0.2, -0.15) is 5.10 Å². The standard InChI is InChI=1S/C16H25N5O/c1-2-16(8-4-9-17-16)15(22)21-11-6-13(7-12-21)19-14-5-3-10-18-20-14/h3,5,10,13,17H,2,4,6-9,11-12H2,1H3,(H,19,20). The van der Waals surface area contributed by atoms with Gasteiger partial charge in [0.15, 0.2) is 0 Å². The van der Waals surface area contributed by atoms with Crippen LogP contribution in [0.2, 0.25) is 0 Å². The molecule has 2 saturated heterocycles. The lowest BCUT2D eigenvalue weighted by atomic mass is 9.91. The molecule has 2 aliphatic heterocycles. The highest BCUT2D eigenvalue weighted by atomic mass is 16.2. The van der Waals surface area contributed by atoms with E-state index in [1.807, 2.05) is 17.0 Å². The molecule has 3 heterocycles. The van der Waals surface area contributed by atoms with Crippen LogP contribution >= 0.6 is 0 Å². The number of amides is 1. The fourth-order valence-corrected chi connectivity index (χ4v) is 3.56. The van der Waals surface area contributed by atoms with E-state index in [-0.39, 0.29) is 5.54 Å². The van der Waals surface area contributed by atoms with E-state index in [0.717, 1.165) is 57.6 Å². The van der Waals surface area contributed by atoms with Gasteiger partial charge in [0.25, 0.3) is 0 Å². The molecule has 2 N–H and O–H groups in total. The van der Waals surface area contributed by atoms with E-state index in [0.29, 0.717) is 11.9 Å². The Balaban J connectivity index is 1.54. The molecular formula is C16H25N5O. The first kappa shape index (κ1) is 15.2. The smallest absolute Gasteiger partial charge is 0.242 e. The molecule has 1 aromatic rings. The second-order valence-electron chi connectivity index (χ2n) is 6.29. The second-order valence-corrected chi connectivity index (χ2v) is 6.29. The molecule has 3 rings (SSSR count). The maximum absolute atomic E-state index is 12.8. The quantitative estimate of drug-likeness (QED) is 0.880. The summed E-state index contributed by atoms with van der Waals surface area (Å²) in [6.45, 7) is 4.71. The average molecular weight is 303 g/mol. The number of hydrogen-bond acceptors (Lipinski definition) is 5. The third-order valence-corrected chi connectivity index (χ3v) is 4.96. The summed E-state index contributed by atoms with van der Waals surface area (Å²) in [5, 5.41) is 14.8. The number of piperidine rings is 1. The number of nitrogens with zero attached hydrogens (tertiary/aromatic N) is 3. The minimum Gasteiger partial charge on any atom is -0.366 e. The van der Waals surface area contributed by atoms with Crippen LogP contribution in [-0.4, -0.2) is 52.2 Å². The fourth-order valence-electron chi connectivity index (χ4n) is 3.56. The Labute approximate surface area is 131 Å². The zero-order valence-electron chi connectivity index (χ0n) is 13.2. The third-order valence-electron chi connectivity index (χ3n) is 4.96. The molecule has 1 unspecified atom stereocenters. The van der Waals surface area contributed by atoms with Gasteiger partial charge in [-0.1, -0.05) is 6.92 Å². The van der Waals surface area contributed by atoms with Gasteiger partial charge < -0.3 is 15.5 Å². The van der Waals surface area contributed by atoms with Crippen molar-refractivity contribution in [3.8, 4) is 0 Å². The van der Waals surface area contributed by atoms with Gasteiger partial charge in [-0.05, 0) is 50.8 Å². The maximum Gasteiger partial charge on any atom is 0.242 e. The van der Waals surface area contributed by atoms with E-state index in [2.05, 4.69) is 27.8 Å². The molecule has 2 fully saturated rings. The zero-order chi connectivity index (χ0) is 15.4. The van der Waals surface area contributed by atoms with Gasteiger partial charge in [0.1, 0.15) is 5.82 Å². The van der Waals surface area contributed by atoms with Crippen molar-refractivity contribution in [2.45, 2.75) is 50.6 Å². The Kier molecular flexibility index (Phi) is 4.57. The van der Waals surface area contributed by atoms with Crippen LogP contribution in [0.4, 0.5) is 5.82 Å². The molecule has 6 heteroatoms. The summed E-state index contributed by atoms with van der Waals surface area (Å²) in [6, 6.07) is 4.18.